The number of carbonyl (C=O) groups is 3. The van der Waals surface area contributed by atoms with Crippen LogP contribution in [0, 0.1) is 0 Å². The highest BCUT2D eigenvalue weighted by Gasteiger charge is 2.28. The van der Waals surface area contributed by atoms with Crippen molar-refractivity contribution in [3.63, 3.8) is 0 Å². The third-order valence-electron chi connectivity index (χ3n) is 8.70. The molecule has 0 rings (SSSR count). The van der Waals surface area contributed by atoms with E-state index in [1.807, 2.05) is 0 Å². The van der Waals surface area contributed by atoms with Gasteiger partial charge in [-0.2, -0.15) is 0 Å². The van der Waals surface area contributed by atoms with E-state index in [1.54, 1.807) is 0 Å². The zero-order valence-corrected chi connectivity index (χ0v) is 33.5. The van der Waals surface area contributed by atoms with E-state index in [0.717, 1.165) is 57.8 Å². The van der Waals surface area contributed by atoms with Gasteiger partial charge < -0.3 is 25.2 Å². The van der Waals surface area contributed by atoms with E-state index >= 15 is 0 Å². The van der Waals surface area contributed by atoms with Crippen LogP contribution in [0.1, 0.15) is 181 Å². The summed E-state index contributed by atoms with van der Waals surface area (Å²) >= 11 is 0. The van der Waals surface area contributed by atoms with E-state index in [9.17, 15) is 23.8 Å². The van der Waals surface area contributed by atoms with Gasteiger partial charge in [-0.25, -0.2) is 4.57 Å². The maximum absolute atomic E-state index is 12.6. The Morgan fingerprint density at radius 1 is 0.596 bits per heavy atom. The van der Waals surface area contributed by atoms with Crippen molar-refractivity contribution >= 4 is 25.7 Å². The summed E-state index contributed by atoms with van der Waals surface area (Å²) in [7, 11) is -4.71. The van der Waals surface area contributed by atoms with Crippen LogP contribution in [0.15, 0.2) is 24.3 Å². The van der Waals surface area contributed by atoms with Crippen LogP contribution in [0.25, 0.3) is 0 Å². The third-order valence-corrected chi connectivity index (χ3v) is 9.65. The summed E-state index contributed by atoms with van der Waals surface area (Å²) in [5, 5.41) is 8.86. The molecule has 3 atom stereocenters. The van der Waals surface area contributed by atoms with Crippen LogP contribution in [0.2, 0.25) is 0 Å². The number of nitrogens with two attached hydrogens (primary N) is 1. The van der Waals surface area contributed by atoms with Gasteiger partial charge in [-0.15, -0.1) is 0 Å². The third kappa shape index (κ3) is 35.0. The maximum atomic E-state index is 12.6. The summed E-state index contributed by atoms with van der Waals surface area (Å²) in [4.78, 5) is 45.8. The Balaban J connectivity index is 4.37. The Hall–Kier alpha value is -2.04. The predicted octanol–water partition coefficient (Wildman–Crippen LogP) is 10.3. The summed E-state index contributed by atoms with van der Waals surface area (Å²) in [6, 6.07) is -1.52. The van der Waals surface area contributed by atoms with Crippen LogP contribution >= 0.6 is 7.82 Å². The highest BCUT2D eigenvalue weighted by molar-refractivity contribution is 7.47. The number of esters is 2. The number of carboxylic acid groups (broad SMARTS) is 1. The standard InChI is InChI=1S/C40H74NO10P/c1-3-5-7-9-11-13-15-16-17-18-19-20-21-22-24-26-28-30-32-39(43)51-36(34-49-52(46,47)50-35-37(41)40(44)45)33-48-38(42)31-29-27-25-23-14-12-10-8-6-4-2/h13,15,17-18,36-37H,3-12,14,16,19-35,41H2,1-2H3,(H,44,45)(H,46,47)/b15-13-,18-17-. The normalized spacial score (nSPS) is 14.1. The molecular formula is C40H74NO10P. The molecule has 0 bridgehead atoms. The molecule has 0 aliphatic rings. The summed E-state index contributed by atoms with van der Waals surface area (Å²) in [6.45, 7) is 2.76. The fourth-order valence-electron chi connectivity index (χ4n) is 5.45. The molecular weight excluding hydrogens is 685 g/mol. The van der Waals surface area contributed by atoms with E-state index in [4.69, 9.17) is 24.8 Å². The molecule has 12 heteroatoms. The van der Waals surface area contributed by atoms with Crippen molar-refractivity contribution in [3.05, 3.63) is 24.3 Å². The molecule has 0 aliphatic carbocycles. The second-order valence-corrected chi connectivity index (χ2v) is 15.2. The molecule has 0 fully saturated rings. The van der Waals surface area contributed by atoms with Crippen molar-refractivity contribution in [2.75, 3.05) is 19.8 Å². The van der Waals surface area contributed by atoms with Crippen molar-refractivity contribution in [2.45, 2.75) is 193 Å². The SMILES string of the molecule is CCCCCC/C=C\C/C=C\CCCCCCCCCC(=O)OC(COC(=O)CCCCCCCCCCCC)COP(=O)(O)OCC(N)C(=O)O. The van der Waals surface area contributed by atoms with Gasteiger partial charge in [0.2, 0.25) is 0 Å². The lowest BCUT2D eigenvalue weighted by molar-refractivity contribution is -0.161. The second-order valence-electron chi connectivity index (χ2n) is 13.8. The molecule has 3 unspecified atom stereocenters. The highest BCUT2D eigenvalue weighted by Crippen LogP contribution is 2.43. The quantitative estimate of drug-likeness (QED) is 0.0237. The first-order valence-electron chi connectivity index (χ1n) is 20.4. The first-order chi connectivity index (χ1) is 25.1. The molecule has 0 aromatic carbocycles. The predicted molar refractivity (Wildman–Crippen MR) is 208 cm³/mol. The van der Waals surface area contributed by atoms with Crippen molar-refractivity contribution < 1.29 is 47.5 Å². The van der Waals surface area contributed by atoms with Crippen molar-refractivity contribution in [3.8, 4) is 0 Å². The minimum absolute atomic E-state index is 0.155. The van der Waals surface area contributed by atoms with E-state index in [2.05, 4.69) is 42.7 Å². The van der Waals surface area contributed by atoms with Gasteiger partial charge in [0.05, 0.1) is 13.2 Å². The van der Waals surface area contributed by atoms with Gasteiger partial charge in [0.1, 0.15) is 12.6 Å². The topological polar surface area (TPSA) is 172 Å². The largest absolute Gasteiger partial charge is 0.480 e. The van der Waals surface area contributed by atoms with Crippen molar-refractivity contribution in [1.29, 1.82) is 0 Å². The number of unbranched alkanes of at least 4 members (excludes halogenated alkanes) is 20. The van der Waals surface area contributed by atoms with Gasteiger partial charge in [0.15, 0.2) is 6.10 Å². The van der Waals surface area contributed by atoms with Crippen LogP contribution in [-0.2, 0) is 37.5 Å². The van der Waals surface area contributed by atoms with E-state index in [1.165, 1.54) is 83.5 Å². The molecule has 4 N–H and O–H groups in total. The molecule has 0 radical (unpaired) electrons. The fraction of sp³-hybridized carbons (Fsp3) is 0.825. The minimum Gasteiger partial charge on any atom is -0.480 e. The zero-order chi connectivity index (χ0) is 38.5. The number of hydrogen-bond acceptors (Lipinski definition) is 9. The smallest absolute Gasteiger partial charge is 0.472 e. The number of allylic oxidation sites excluding steroid dienone is 4. The molecule has 0 heterocycles. The van der Waals surface area contributed by atoms with Crippen molar-refractivity contribution in [1.82, 2.24) is 0 Å². The van der Waals surface area contributed by atoms with Gasteiger partial charge in [0.25, 0.3) is 0 Å². The number of hydrogen-bond donors (Lipinski definition) is 3. The number of aliphatic carboxylic acids is 1. The molecule has 0 amide bonds. The Morgan fingerprint density at radius 2 is 1.02 bits per heavy atom. The van der Waals surface area contributed by atoms with Crippen molar-refractivity contribution in [2.24, 2.45) is 5.73 Å². The molecule has 0 spiro atoms. The van der Waals surface area contributed by atoms with Gasteiger partial charge in [-0.05, 0) is 44.9 Å². The van der Waals surface area contributed by atoms with Crippen LogP contribution in [0.5, 0.6) is 0 Å². The Labute approximate surface area is 315 Å². The van der Waals surface area contributed by atoms with E-state index < -0.39 is 51.1 Å². The lowest BCUT2D eigenvalue weighted by Gasteiger charge is -2.20. The zero-order valence-electron chi connectivity index (χ0n) is 32.7. The van der Waals surface area contributed by atoms with Gasteiger partial charge >= 0.3 is 25.7 Å². The Bertz CT molecular complexity index is 989. The average Bonchev–Trinajstić information content (AvgIpc) is 3.12. The summed E-state index contributed by atoms with van der Waals surface area (Å²) in [6.07, 6.45) is 35.3. The van der Waals surface area contributed by atoms with Crippen LogP contribution < -0.4 is 5.73 Å². The summed E-state index contributed by atoms with van der Waals surface area (Å²) in [5.74, 6) is -2.39. The van der Waals surface area contributed by atoms with E-state index in [0.29, 0.717) is 12.8 Å². The highest BCUT2D eigenvalue weighted by atomic mass is 31.2. The fourth-order valence-corrected chi connectivity index (χ4v) is 6.23. The monoisotopic (exact) mass is 760 g/mol. The first kappa shape index (κ1) is 50.0. The molecule has 0 aromatic rings. The molecule has 304 valence electrons. The summed E-state index contributed by atoms with van der Waals surface area (Å²) < 4.78 is 32.6. The number of phosphoric acid groups is 1. The number of phosphoric ester groups is 1. The summed E-state index contributed by atoms with van der Waals surface area (Å²) in [5.41, 5.74) is 5.32. The average molecular weight is 760 g/mol. The Morgan fingerprint density at radius 3 is 1.52 bits per heavy atom. The molecule has 52 heavy (non-hydrogen) atoms. The van der Waals surface area contributed by atoms with Crippen LogP contribution in [0.4, 0.5) is 0 Å². The molecule has 0 saturated heterocycles. The van der Waals surface area contributed by atoms with E-state index in [-0.39, 0.29) is 19.4 Å². The number of carboxylic acids is 1. The lowest BCUT2D eigenvalue weighted by atomic mass is 10.1. The maximum Gasteiger partial charge on any atom is 0.472 e. The first-order valence-corrected chi connectivity index (χ1v) is 21.9. The number of rotatable bonds is 38. The Kier molecular flexibility index (Phi) is 34.6. The molecule has 11 nitrogen and oxygen atoms in total. The number of ether oxygens (including phenoxy) is 2. The molecule has 0 saturated carbocycles. The van der Waals surface area contributed by atoms with Crippen LogP contribution in [0.3, 0.4) is 0 Å². The van der Waals surface area contributed by atoms with Gasteiger partial charge in [0, 0.05) is 12.8 Å². The molecule has 0 aliphatic heterocycles. The van der Waals surface area contributed by atoms with Crippen LogP contribution in [-0.4, -0.2) is 59.9 Å². The minimum atomic E-state index is -4.71. The second kappa shape index (κ2) is 36.0. The molecule has 0 aromatic heterocycles. The van der Waals surface area contributed by atoms with Gasteiger partial charge in [-0.1, -0.05) is 147 Å². The number of carbonyl (C=O) groups excluding carboxylic acids is 2. The van der Waals surface area contributed by atoms with Gasteiger partial charge in [-0.3, -0.25) is 23.4 Å². The lowest BCUT2D eigenvalue weighted by Crippen LogP contribution is -2.34.